The van der Waals surface area contributed by atoms with E-state index in [0.717, 1.165) is 6.42 Å². The van der Waals surface area contributed by atoms with Crippen molar-refractivity contribution in [3.63, 3.8) is 0 Å². The third-order valence-corrected chi connectivity index (χ3v) is 3.46. The molecule has 0 radical (unpaired) electrons. The van der Waals surface area contributed by atoms with Crippen LogP contribution in [-0.4, -0.2) is 11.8 Å². The van der Waals surface area contributed by atoms with E-state index in [2.05, 4.69) is 5.32 Å². The van der Waals surface area contributed by atoms with Gasteiger partial charge in [-0.3, -0.25) is 14.9 Å². The Morgan fingerprint density at radius 3 is 1.87 bits per heavy atom. The van der Waals surface area contributed by atoms with Crippen molar-refractivity contribution in [1.29, 1.82) is 10.5 Å². The van der Waals surface area contributed by atoms with Gasteiger partial charge in [0.2, 0.25) is 11.8 Å². The van der Waals surface area contributed by atoms with Crippen LogP contribution in [0.1, 0.15) is 19.3 Å². The molecule has 2 atom stereocenters. The van der Waals surface area contributed by atoms with E-state index in [0.29, 0.717) is 12.8 Å². The third-order valence-electron chi connectivity index (χ3n) is 3.46. The summed E-state index contributed by atoms with van der Waals surface area (Å²) in [6.07, 6.45) is 2.10. The van der Waals surface area contributed by atoms with Crippen molar-refractivity contribution in [2.45, 2.75) is 19.3 Å². The Hall–Kier alpha value is -1.88. The summed E-state index contributed by atoms with van der Waals surface area (Å²) in [5, 5.41) is 19.9. The minimum atomic E-state index is -0.853. The Balaban J connectivity index is 2.43. The summed E-state index contributed by atoms with van der Waals surface area (Å²) in [4.78, 5) is 22.9. The molecule has 15 heavy (non-hydrogen) atoms. The molecule has 5 nitrogen and oxygen atoms in total. The van der Waals surface area contributed by atoms with E-state index < -0.39 is 29.1 Å². The van der Waals surface area contributed by atoms with Crippen molar-refractivity contribution in [3.8, 4) is 12.1 Å². The number of hydrogen-bond acceptors (Lipinski definition) is 4. The van der Waals surface area contributed by atoms with E-state index in [9.17, 15) is 9.59 Å². The van der Waals surface area contributed by atoms with Gasteiger partial charge in [-0.1, -0.05) is 6.42 Å². The third kappa shape index (κ3) is 1.07. The predicted molar refractivity (Wildman–Crippen MR) is 47.6 cm³/mol. The number of piperidine rings is 1. The first-order valence-electron chi connectivity index (χ1n) is 4.79. The molecule has 0 aromatic rings. The lowest BCUT2D eigenvalue weighted by Gasteiger charge is -2.48. The maximum atomic E-state index is 11.4. The fourth-order valence-corrected chi connectivity index (χ4v) is 2.49. The van der Waals surface area contributed by atoms with Crippen molar-refractivity contribution in [2.24, 2.45) is 17.3 Å². The van der Waals surface area contributed by atoms with Gasteiger partial charge in [0.25, 0.3) is 0 Å². The zero-order chi connectivity index (χ0) is 11.1. The highest BCUT2D eigenvalue weighted by Crippen LogP contribution is 2.54. The number of nitriles is 2. The summed E-state index contributed by atoms with van der Waals surface area (Å²) >= 11 is 0. The van der Waals surface area contributed by atoms with Gasteiger partial charge in [-0.2, -0.15) is 10.5 Å². The molecule has 1 aliphatic heterocycles. The molecule has 1 N–H and O–H groups in total. The van der Waals surface area contributed by atoms with Crippen molar-refractivity contribution >= 4 is 11.8 Å². The number of carbonyl (C=O) groups is 2. The lowest BCUT2D eigenvalue weighted by Crippen LogP contribution is -2.60. The van der Waals surface area contributed by atoms with E-state index in [1.807, 2.05) is 12.1 Å². The van der Waals surface area contributed by atoms with Gasteiger partial charge in [0.05, 0.1) is 12.1 Å². The molecule has 2 rings (SSSR count). The summed E-state index contributed by atoms with van der Waals surface area (Å²) in [6, 6.07) is 3.83. The van der Waals surface area contributed by atoms with Crippen LogP contribution in [0.2, 0.25) is 0 Å². The van der Waals surface area contributed by atoms with Crippen LogP contribution in [0.3, 0.4) is 0 Å². The van der Waals surface area contributed by atoms with Crippen LogP contribution < -0.4 is 5.32 Å². The first-order valence-corrected chi connectivity index (χ1v) is 4.79. The summed E-state index contributed by atoms with van der Waals surface area (Å²) in [7, 11) is 0. The van der Waals surface area contributed by atoms with Gasteiger partial charge in [-0.25, -0.2) is 0 Å². The van der Waals surface area contributed by atoms with Gasteiger partial charge < -0.3 is 0 Å². The Kier molecular flexibility index (Phi) is 1.97. The maximum Gasteiger partial charge on any atom is 0.244 e. The Labute approximate surface area is 86.7 Å². The van der Waals surface area contributed by atoms with E-state index in [1.165, 1.54) is 0 Å². The fraction of sp³-hybridized carbons (Fsp3) is 0.600. The lowest BCUT2D eigenvalue weighted by molar-refractivity contribution is -0.149. The second-order valence-corrected chi connectivity index (χ2v) is 4.06. The molecule has 5 heteroatoms. The van der Waals surface area contributed by atoms with E-state index in [1.54, 1.807) is 0 Å². The fourth-order valence-electron chi connectivity index (χ4n) is 2.49. The largest absolute Gasteiger partial charge is 0.294 e. The van der Waals surface area contributed by atoms with Gasteiger partial charge in [0.1, 0.15) is 11.8 Å². The Morgan fingerprint density at radius 2 is 1.60 bits per heavy atom. The molecule has 0 aromatic heterocycles. The molecular formula is C10H9N3O2. The molecule has 2 aliphatic rings. The molecule has 2 amide bonds. The van der Waals surface area contributed by atoms with Gasteiger partial charge in [0.15, 0.2) is 0 Å². The molecule has 0 bridgehead atoms. The second-order valence-electron chi connectivity index (χ2n) is 4.06. The van der Waals surface area contributed by atoms with Crippen LogP contribution in [0.5, 0.6) is 0 Å². The first-order chi connectivity index (χ1) is 7.15. The van der Waals surface area contributed by atoms with Crippen LogP contribution in [0.15, 0.2) is 0 Å². The normalized spacial score (nSPS) is 32.4. The SMILES string of the molecule is N#CC1C(=O)NC(=O)C(C#N)C12CCC2. The molecule has 1 saturated heterocycles. The smallest absolute Gasteiger partial charge is 0.244 e. The molecule has 1 saturated carbocycles. The topological polar surface area (TPSA) is 93.8 Å². The monoisotopic (exact) mass is 203 g/mol. The average Bonchev–Trinajstić information content (AvgIpc) is 2.14. The van der Waals surface area contributed by atoms with Crippen molar-refractivity contribution in [3.05, 3.63) is 0 Å². The summed E-state index contributed by atoms with van der Waals surface area (Å²) in [6.45, 7) is 0. The van der Waals surface area contributed by atoms with Crippen molar-refractivity contribution in [2.75, 3.05) is 0 Å². The van der Waals surface area contributed by atoms with Crippen molar-refractivity contribution < 1.29 is 9.59 Å². The molecule has 2 fully saturated rings. The van der Waals surface area contributed by atoms with E-state index >= 15 is 0 Å². The highest BCUT2D eigenvalue weighted by molar-refractivity contribution is 6.03. The summed E-state index contributed by atoms with van der Waals surface area (Å²) in [5.74, 6) is -2.80. The highest BCUT2D eigenvalue weighted by atomic mass is 16.2. The maximum absolute atomic E-state index is 11.4. The quantitative estimate of drug-likeness (QED) is 0.564. The number of rotatable bonds is 0. The molecule has 0 aromatic carbocycles. The minimum absolute atomic E-state index is 0.547. The number of imide groups is 1. The number of amides is 2. The molecule has 1 aliphatic carbocycles. The highest BCUT2D eigenvalue weighted by Gasteiger charge is 2.59. The molecular weight excluding hydrogens is 194 g/mol. The average molecular weight is 203 g/mol. The summed E-state index contributed by atoms with van der Waals surface area (Å²) < 4.78 is 0. The number of nitrogens with one attached hydrogen (secondary N) is 1. The lowest BCUT2D eigenvalue weighted by atomic mass is 9.53. The molecule has 1 spiro atoms. The van der Waals surface area contributed by atoms with Crippen LogP contribution in [0, 0.1) is 39.9 Å². The molecule has 2 unspecified atom stereocenters. The van der Waals surface area contributed by atoms with Gasteiger partial charge >= 0.3 is 0 Å². The molecule has 76 valence electrons. The second kappa shape index (κ2) is 3.06. The van der Waals surface area contributed by atoms with Crippen molar-refractivity contribution in [1.82, 2.24) is 5.32 Å². The van der Waals surface area contributed by atoms with Crippen LogP contribution >= 0.6 is 0 Å². The summed E-state index contributed by atoms with van der Waals surface area (Å²) in [5.41, 5.74) is -0.705. The van der Waals surface area contributed by atoms with Gasteiger partial charge in [-0.15, -0.1) is 0 Å². The zero-order valence-corrected chi connectivity index (χ0v) is 7.99. The van der Waals surface area contributed by atoms with Crippen LogP contribution in [0.4, 0.5) is 0 Å². The van der Waals surface area contributed by atoms with Crippen LogP contribution in [-0.2, 0) is 9.59 Å². The van der Waals surface area contributed by atoms with E-state index in [-0.39, 0.29) is 0 Å². The van der Waals surface area contributed by atoms with E-state index in [4.69, 9.17) is 10.5 Å². The first kappa shape index (κ1) is 9.67. The Morgan fingerprint density at radius 1 is 1.13 bits per heavy atom. The Bertz CT molecular complexity index is 377. The van der Waals surface area contributed by atoms with Gasteiger partial charge in [0, 0.05) is 5.41 Å². The molecule has 1 heterocycles. The van der Waals surface area contributed by atoms with Gasteiger partial charge in [-0.05, 0) is 12.8 Å². The minimum Gasteiger partial charge on any atom is -0.294 e. The number of hydrogen-bond donors (Lipinski definition) is 1. The number of carbonyl (C=O) groups excluding carboxylic acids is 2. The zero-order valence-electron chi connectivity index (χ0n) is 7.99. The predicted octanol–water partition coefficient (Wildman–Crippen LogP) is 0.0927. The number of nitrogens with zero attached hydrogens (tertiary/aromatic N) is 2. The standard InChI is InChI=1S/C10H9N3O2/c11-4-6-8(14)13-9(15)7(5-12)10(6)2-1-3-10/h6-7H,1-3H2,(H,13,14,15). The van der Waals surface area contributed by atoms with Crippen LogP contribution in [0.25, 0.3) is 0 Å².